The first-order valence-corrected chi connectivity index (χ1v) is 10.8. The van der Waals surface area contributed by atoms with Crippen LogP contribution < -0.4 is 0 Å². The van der Waals surface area contributed by atoms with Crippen LogP contribution in [0.2, 0.25) is 5.28 Å². The minimum atomic E-state index is 0.195. The molecule has 0 spiro atoms. The van der Waals surface area contributed by atoms with Crippen molar-refractivity contribution in [3.05, 3.63) is 90.2 Å². The lowest BCUT2D eigenvalue weighted by Gasteiger charge is -2.07. The number of fused-ring (bicyclic) bond motifs is 4. The van der Waals surface area contributed by atoms with Crippen molar-refractivity contribution in [3.8, 4) is 22.8 Å². The van der Waals surface area contributed by atoms with Crippen molar-refractivity contribution in [2.45, 2.75) is 0 Å². The van der Waals surface area contributed by atoms with Crippen LogP contribution in [0.25, 0.3) is 53.7 Å². The van der Waals surface area contributed by atoms with E-state index in [2.05, 4.69) is 58.5 Å². The molecule has 6 rings (SSSR count). The molecule has 4 aromatic carbocycles. The molecule has 0 bridgehead atoms. The summed E-state index contributed by atoms with van der Waals surface area (Å²) in [5, 5.41) is 5.03. The Morgan fingerprint density at radius 2 is 1.37 bits per heavy atom. The van der Waals surface area contributed by atoms with Gasteiger partial charge in [-0.1, -0.05) is 66.7 Å². The van der Waals surface area contributed by atoms with Gasteiger partial charge in [0.25, 0.3) is 0 Å². The standard InChI is InChI=1S/C25H14ClN3S/c26-25-28-23(15-7-2-1-3-8-15)27-24(29-25)18-11-6-12-20-22(18)19-13-16-9-4-5-10-17(16)14-21(19)30-20/h1-14H. The maximum Gasteiger partial charge on any atom is 0.226 e. The molecule has 30 heavy (non-hydrogen) atoms. The number of nitrogens with zero attached hydrogens (tertiary/aromatic N) is 3. The van der Waals surface area contributed by atoms with Crippen LogP contribution in [0, 0.1) is 0 Å². The van der Waals surface area contributed by atoms with E-state index in [1.54, 1.807) is 11.3 Å². The van der Waals surface area contributed by atoms with Gasteiger partial charge in [0.05, 0.1) is 0 Å². The molecule has 0 amide bonds. The van der Waals surface area contributed by atoms with Gasteiger partial charge in [0.2, 0.25) is 5.28 Å². The Morgan fingerprint density at radius 3 is 2.20 bits per heavy atom. The van der Waals surface area contributed by atoms with E-state index in [4.69, 9.17) is 16.6 Å². The first-order chi connectivity index (χ1) is 14.8. The molecular formula is C25H14ClN3S. The van der Waals surface area contributed by atoms with Gasteiger partial charge in [0, 0.05) is 31.3 Å². The van der Waals surface area contributed by atoms with Crippen LogP contribution in [0.3, 0.4) is 0 Å². The highest BCUT2D eigenvalue weighted by molar-refractivity contribution is 7.26. The summed E-state index contributed by atoms with van der Waals surface area (Å²) in [5.41, 5.74) is 1.88. The molecule has 0 atom stereocenters. The summed E-state index contributed by atoms with van der Waals surface area (Å²) in [4.78, 5) is 13.6. The number of rotatable bonds is 2. The molecule has 142 valence electrons. The number of benzene rings is 4. The average Bonchev–Trinajstić information content (AvgIpc) is 3.15. The highest BCUT2D eigenvalue weighted by Gasteiger charge is 2.16. The van der Waals surface area contributed by atoms with E-state index >= 15 is 0 Å². The highest BCUT2D eigenvalue weighted by atomic mass is 35.5. The first-order valence-electron chi connectivity index (χ1n) is 9.58. The smallest absolute Gasteiger partial charge is 0.208 e. The fraction of sp³-hybridized carbons (Fsp3) is 0. The third-order valence-electron chi connectivity index (χ3n) is 5.24. The molecular weight excluding hydrogens is 410 g/mol. The van der Waals surface area contributed by atoms with Gasteiger partial charge in [-0.25, -0.2) is 4.98 Å². The van der Waals surface area contributed by atoms with Crippen LogP contribution in [-0.4, -0.2) is 15.0 Å². The van der Waals surface area contributed by atoms with Crippen LogP contribution in [0.5, 0.6) is 0 Å². The number of hydrogen-bond acceptors (Lipinski definition) is 4. The van der Waals surface area contributed by atoms with E-state index in [9.17, 15) is 0 Å². The van der Waals surface area contributed by atoms with Gasteiger partial charge < -0.3 is 0 Å². The average molecular weight is 424 g/mol. The fourth-order valence-electron chi connectivity index (χ4n) is 3.88. The Bertz CT molecular complexity index is 1560. The zero-order chi connectivity index (χ0) is 20.1. The predicted octanol–water partition coefficient (Wildman–Crippen LogP) is 7.38. The summed E-state index contributed by atoms with van der Waals surface area (Å²) in [6, 6.07) is 29.1. The van der Waals surface area contributed by atoms with Crippen LogP contribution in [0.4, 0.5) is 0 Å². The second-order valence-corrected chi connectivity index (χ2v) is 8.52. The number of halogens is 1. The topological polar surface area (TPSA) is 38.7 Å². The third kappa shape index (κ3) is 2.84. The van der Waals surface area contributed by atoms with Crippen molar-refractivity contribution in [2.24, 2.45) is 0 Å². The summed E-state index contributed by atoms with van der Waals surface area (Å²) in [6.45, 7) is 0. The molecule has 0 fully saturated rings. The fourth-order valence-corrected chi connectivity index (χ4v) is 5.21. The Hall–Kier alpha value is -3.34. The zero-order valence-corrected chi connectivity index (χ0v) is 17.3. The SMILES string of the molecule is Clc1nc(-c2ccccc2)nc(-c2cccc3sc4cc5ccccc5cc4c23)n1. The third-order valence-corrected chi connectivity index (χ3v) is 6.53. The predicted molar refractivity (Wildman–Crippen MR) is 126 cm³/mol. The van der Waals surface area contributed by atoms with Gasteiger partial charge in [-0.05, 0) is 40.6 Å². The lowest BCUT2D eigenvalue weighted by molar-refractivity contribution is 1.07. The maximum absolute atomic E-state index is 6.31. The van der Waals surface area contributed by atoms with Crippen LogP contribution >= 0.6 is 22.9 Å². The molecule has 0 aliphatic rings. The number of thiophene rings is 1. The first kappa shape index (κ1) is 17.5. The van der Waals surface area contributed by atoms with E-state index in [0.29, 0.717) is 11.6 Å². The summed E-state index contributed by atoms with van der Waals surface area (Å²) in [5.74, 6) is 1.17. The molecule has 0 N–H and O–H groups in total. The minimum Gasteiger partial charge on any atom is -0.208 e. The Kier molecular flexibility index (Phi) is 4.01. The van der Waals surface area contributed by atoms with E-state index in [1.807, 2.05) is 36.4 Å². The van der Waals surface area contributed by atoms with Gasteiger partial charge in [-0.3, -0.25) is 0 Å². The minimum absolute atomic E-state index is 0.195. The van der Waals surface area contributed by atoms with Gasteiger partial charge in [-0.2, -0.15) is 9.97 Å². The van der Waals surface area contributed by atoms with Gasteiger partial charge in [-0.15, -0.1) is 11.3 Å². The van der Waals surface area contributed by atoms with E-state index in [1.165, 1.54) is 25.6 Å². The Labute approximate surface area is 181 Å². The molecule has 0 saturated carbocycles. The quantitative estimate of drug-likeness (QED) is 0.291. The van der Waals surface area contributed by atoms with E-state index < -0.39 is 0 Å². The van der Waals surface area contributed by atoms with Crippen LogP contribution in [0.15, 0.2) is 84.9 Å². The molecule has 0 unspecified atom stereocenters. The summed E-state index contributed by atoms with van der Waals surface area (Å²) in [6.07, 6.45) is 0. The van der Waals surface area contributed by atoms with Crippen molar-refractivity contribution in [1.29, 1.82) is 0 Å². The van der Waals surface area contributed by atoms with Crippen LogP contribution in [-0.2, 0) is 0 Å². The molecule has 2 aromatic heterocycles. The summed E-state index contributed by atoms with van der Waals surface area (Å²) < 4.78 is 2.45. The Balaban J connectivity index is 1.65. The van der Waals surface area contributed by atoms with Gasteiger partial charge in [0.15, 0.2) is 11.6 Å². The summed E-state index contributed by atoms with van der Waals surface area (Å²) >= 11 is 8.10. The van der Waals surface area contributed by atoms with Crippen LogP contribution in [0.1, 0.15) is 0 Å². The molecule has 0 radical (unpaired) electrons. The van der Waals surface area contributed by atoms with Crippen molar-refractivity contribution >= 4 is 53.9 Å². The summed E-state index contributed by atoms with van der Waals surface area (Å²) in [7, 11) is 0. The molecule has 6 aromatic rings. The van der Waals surface area contributed by atoms with Crippen molar-refractivity contribution in [1.82, 2.24) is 15.0 Å². The van der Waals surface area contributed by atoms with Crippen molar-refractivity contribution in [2.75, 3.05) is 0 Å². The molecule has 3 nitrogen and oxygen atoms in total. The molecule has 5 heteroatoms. The monoisotopic (exact) mass is 423 g/mol. The Morgan fingerprint density at radius 1 is 0.633 bits per heavy atom. The number of hydrogen-bond donors (Lipinski definition) is 0. The zero-order valence-electron chi connectivity index (χ0n) is 15.7. The molecule has 0 aliphatic carbocycles. The molecule has 0 aliphatic heterocycles. The number of aromatic nitrogens is 3. The maximum atomic E-state index is 6.31. The van der Waals surface area contributed by atoms with Gasteiger partial charge >= 0.3 is 0 Å². The highest BCUT2D eigenvalue weighted by Crippen LogP contribution is 2.41. The lowest BCUT2D eigenvalue weighted by atomic mass is 10.0. The molecule has 2 heterocycles. The largest absolute Gasteiger partial charge is 0.226 e. The normalized spacial score (nSPS) is 11.5. The lowest BCUT2D eigenvalue weighted by Crippen LogP contribution is -1.97. The molecule has 0 saturated heterocycles. The van der Waals surface area contributed by atoms with E-state index in [-0.39, 0.29) is 5.28 Å². The van der Waals surface area contributed by atoms with Gasteiger partial charge in [0.1, 0.15) is 0 Å². The van der Waals surface area contributed by atoms with Crippen molar-refractivity contribution in [3.63, 3.8) is 0 Å². The second kappa shape index (κ2) is 6.87. The van der Waals surface area contributed by atoms with Crippen molar-refractivity contribution < 1.29 is 0 Å². The second-order valence-electron chi connectivity index (χ2n) is 7.09. The van der Waals surface area contributed by atoms with E-state index in [0.717, 1.165) is 16.5 Å².